The van der Waals surface area contributed by atoms with Crippen molar-refractivity contribution in [1.29, 1.82) is 0 Å². The fourth-order valence-corrected chi connectivity index (χ4v) is 3.02. The molecular formula is C17H23BrN2O. The van der Waals surface area contributed by atoms with Crippen LogP contribution in [0.1, 0.15) is 32.0 Å². The van der Waals surface area contributed by atoms with E-state index in [9.17, 15) is 0 Å². The van der Waals surface area contributed by atoms with Gasteiger partial charge in [-0.25, -0.2) is 9.13 Å². The number of rotatable bonds is 5. The van der Waals surface area contributed by atoms with Gasteiger partial charge in [0.05, 0.1) is 26.6 Å². The van der Waals surface area contributed by atoms with Crippen molar-refractivity contribution in [2.45, 2.75) is 45.7 Å². The zero-order valence-corrected chi connectivity index (χ0v) is 14.4. The monoisotopic (exact) mass is 350 g/mol. The number of nitrogens with zero attached hydrogens (tertiary/aromatic N) is 2. The van der Waals surface area contributed by atoms with E-state index in [1.54, 1.807) is 7.11 Å². The average Bonchev–Trinajstić information content (AvgIpc) is 3.08. The smallest absolute Gasteiger partial charge is 0.257 e. The maximum Gasteiger partial charge on any atom is 0.257 e. The van der Waals surface area contributed by atoms with Crippen LogP contribution >= 0.6 is 0 Å². The third-order valence-electron chi connectivity index (χ3n) is 4.13. The molecule has 3 nitrogen and oxygen atoms in total. The molecule has 0 bridgehead atoms. The van der Waals surface area contributed by atoms with Gasteiger partial charge in [0.25, 0.3) is 5.82 Å². The van der Waals surface area contributed by atoms with Crippen LogP contribution in [0.15, 0.2) is 30.5 Å². The lowest BCUT2D eigenvalue weighted by Gasteiger charge is -2.01. The highest BCUT2D eigenvalue weighted by atomic mass is 79.9. The van der Waals surface area contributed by atoms with E-state index >= 15 is 0 Å². The van der Waals surface area contributed by atoms with Gasteiger partial charge >= 0.3 is 0 Å². The molecule has 2 heterocycles. The average molecular weight is 351 g/mol. The Labute approximate surface area is 137 Å². The molecule has 2 aromatic rings. The van der Waals surface area contributed by atoms with Gasteiger partial charge in [0.15, 0.2) is 5.69 Å². The lowest BCUT2D eigenvalue weighted by molar-refractivity contribution is -0.703. The number of hydrogen-bond donors (Lipinski definition) is 0. The number of fused-ring (bicyclic) bond motifs is 1. The topological polar surface area (TPSA) is 18.0 Å². The van der Waals surface area contributed by atoms with E-state index < -0.39 is 0 Å². The summed E-state index contributed by atoms with van der Waals surface area (Å²) in [6, 6.07) is 8.40. The van der Waals surface area contributed by atoms with E-state index in [-0.39, 0.29) is 17.0 Å². The van der Waals surface area contributed by atoms with Crippen molar-refractivity contribution in [1.82, 2.24) is 4.57 Å². The highest BCUT2D eigenvalue weighted by Gasteiger charge is 2.28. The van der Waals surface area contributed by atoms with Gasteiger partial charge in [-0.1, -0.05) is 13.3 Å². The molecular weight excluding hydrogens is 328 g/mol. The first kappa shape index (κ1) is 16.1. The van der Waals surface area contributed by atoms with Gasteiger partial charge in [-0.2, -0.15) is 0 Å². The van der Waals surface area contributed by atoms with Crippen LogP contribution in [-0.2, 0) is 19.5 Å². The van der Waals surface area contributed by atoms with Gasteiger partial charge in [-0.15, -0.1) is 0 Å². The van der Waals surface area contributed by atoms with E-state index in [4.69, 9.17) is 4.74 Å². The molecule has 0 unspecified atom stereocenters. The summed E-state index contributed by atoms with van der Waals surface area (Å²) < 4.78 is 10.2. The van der Waals surface area contributed by atoms with Gasteiger partial charge in [0, 0.05) is 5.56 Å². The van der Waals surface area contributed by atoms with Crippen molar-refractivity contribution in [3.8, 4) is 17.0 Å². The first-order chi connectivity index (χ1) is 9.83. The number of ether oxygens (including phenoxy) is 1. The summed E-state index contributed by atoms with van der Waals surface area (Å²) in [5, 5.41) is 0. The predicted octanol–water partition coefficient (Wildman–Crippen LogP) is 0.202. The number of hydrogen-bond acceptors (Lipinski definition) is 1. The lowest BCUT2D eigenvalue weighted by atomic mass is 10.1. The number of methoxy groups -OCH3 is 1. The Bertz CT molecular complexity index is 590. The summed E-state index contributed by atoms with van der Waals surface area (Å²) in [5.41, 5.74) is 2.63. The third-order valence-corrected chi connectivity index (χ3v) is 4.13. The summed E-state index contributed by atoms with van der Waals surface area (Å²) >= 11 is 0. The second kappa shape index (κ2) is 7.12. The Morgan fingerprint density at radius 1 is 1.24 bits per heavy atom. The third kappa shape index (κ3) is 3.15. The summed E-state index contributed by atoms with van der Waals surface area (Å²) in [4.78, 5) is 0. The van der Waals surface area contributed by atoms with Gasteiger partial charge < -0.3 is 21.7 Å². The predicted molar refractivity (Wildman–Crippen MR) is 79.8 cm³/mol. The van der Waals surface area contributed by atoms with Crippen LogP contribution in [0.2, 0.25) is 0 Å². The Kier molecular flexibility index (Phi) is 5.45. The molecule has 0 fully saturated rings. The Balaban J connectivity index is 0.00000161. The molecule has 0 spiro atoms. The van der Waals surface area contributed by atoms with Gasteiger partial charge in [-0.05, 0) is 37.1 Å². The van der Waals surface area contributed by atoms with Crippen LogP contribution in [0.3, 0.4) is 0 Å². The van der Waals surface area contributed by atoms with Crippen LogP contribution < -0.4 is 26.3 Å². The van der Waals surface area contributed by atoms with Crippen LogP contribution in [0.4, 0.5) is 0 Å². The minimum atomic E-state index is 0. The molecule has 1 aliphatic heterocycles. The molecule has 0 saturated carbocycles. The quantitative estimate of drug-likeness (QED) is 0.704. The van der Waals surface area contributed by atoms with Crippen LogP contribution in [0, 0.1) is 0 Å². The van der Waals surface area contributed by atoms with Crippen molar-refractivity contribution in [2.24, 2.45) is 0 Å². The molecule has 114 valence electrons. The zero-order chi connectivity index (χ0) is 13.9. The van der Waals surface area contributed by atoms with E-state index in [0.717, 1.165) is 18.8 Å². The number of aromatic nitrogens is 2. The van der Waals surface area contributed by atoms with Crippen molar-refractivity contribution >= 4 is 0 Å². The first-order valence-corrected chi connectivity index (χ1v) is 7.59. The SMILES string of the molecule is CCCC[n+]1cc(-c2ccc(OC)cc2)n2c1CCC2.[Br-]. The minimum Gasteiger partial charge on any atom is -1.00 e. The molecule has 21 heavy (non-hydrogen) atoms. The van der Waals surface area contributed by atoms with Crippen molar-refractivity contribution in [3.05, 3.63) is 36.3 Å². The Morgan fingerprint density at radius 3 is 2.67 bits per heavy atom. The second-order valence-corrected chi connectivity index (χ2v) is 5.46. The zero-order valence-electron chi connectivity index (χ0n) is 12.8. The Hall–Kier alpha value is -1.29. The molecule has 3 rings (SSSR count). The van der Waals surface area contributed by atoms with Crippen molar-refractivity contribution < 1.29 is 26.3 Å². The molecule has 4 heteroatoms. The molecule has 0 amide bonds. The fraction of sp³-hybridized carbons (Fsp3) is 0.471. The Morgan fingerprint density at radius 2 is 2.00 bits per heavy atom. The normalized spacial score (nSPS) is 12.9. The standard InChI is InChI=1S/C17H23N2O.BrH/c1-3-4-11-18-13-16(19-12-5-6-17(18)19)14-7-9-15(20-2)10-8-14;/h7-10,13H,3-6,11-12H2,1-2H3;1H/q+1;/p-1. The summed E-state index contributed by atoms with van der Waals surface area (Å²) in [5.74, 6) is 2.41. The second-order valence-electron chi connectivity index (χ2n) is 5.46. The lowest BCUT2D eigenvalue weighted by Crippen LogP contribution is -3.00. The number of aryl methyl sites for hydroxylation is 1. The molecule has 0 saturated heterocycles. The first-order valence-electron chi connectivity index (χ1n) is 7.59. The van der Waals surface area contributed by atoms with Crippen molar-refractivity contribution in [2.75, 3.05) is 7.11 Å². The van der Waals surface area contributed by atoms with Crippen molar-refractivity contribution in [3.63, 3.8) is 0 Å². The largest absolute Gasteiger partial charge is 1.00 e. The van der Waals surface area contributed by atoms with E-state index in [1.165, 1.54) is 42.8 Å². The molecule has 0 radical (unpaired) electrons. The van der Waals surface area contributed by atoms with Crippen LogP contribution in [0.25, 0.3) is 11.3 Å². The minimum absolute atomic E-state index is 0. The van der Waals surface area contributed by atoms with E-state index in [0.29, 0.717) is 0 Å². The molecule has 0 aliphatic carbocycles. The molecule has 1 aromatic carbocycles. The molecule has 0 N–H and O–H groups in total. The van der Waals surface area contributed by atoms with Gasteiger partial charge in [0.2, 0.25) is 0 Å². The maximum absolute atomic E-state index is 5.24. The molecule has 0 atom stereocenters. The highest BCUT2D eigenvalue weighted by Crippen LogP contribution is 2.26. The summed E-state index contributed by atoms with van der Waals surface area (Å²) in [7, 11) is 1.71. The number of benzene rings is 1. The molecule has 1 aliphatic rings. The van der Waals surface area contributed by atoms with Crippen LogP contribution in [-0.4, -0.2) is 11.7 Å². The summed E-state index contributed by atoms with van der Waals surface area (Å²) in [6.07, 6.45) is 7.30. The summed E-state index contributed by atoms with van der Waals surface area (Å²) in [6.45, 7) is 4.54. The van der Waals surface area contributed by atoms with Gasteiger partial charge in [0.1, 0.15) is 11.9 Å². The fourth-order valence-electron chi connectivity index (χ4n) is 3.02. The van der Waals surface area contributed by atoms with Gasteiger partial charge in [-0.3, -0.25) is 0 Å². The van der Waals surface area contributed by atoms with Crippen LogP contribution in [0.5, 0.6) is 5.75 Å². The number of imidazole rings is 1. The van der Waals surface area contributed by atoms with E-state index in [2.05, 4.69) is 34.4 Å². The number of halogens is 1. The highest BCUT2D eigenvalue weighted by molar-refractivity contribution is 5.59. The molecule has 1 aromatic heterocycles. The maximum atomic E-state index is 5.24. The van der Waals surface area contributed by atoms with E-state index in [1.807, 2.05) is 12.1 Å². The number of unbranched alkanes of at least 4 members (excludes halogenated alkanes) is 1.